The van der Waals surface area contributed by atoms with Gasteiger partial charge in [0.15, 0.2) is 12.2 Å². The van der Waals surface area contributed by atoms with Gasteiger partial charge in [-0.25, -0.2) is 4.98 Å². The first-order valence-corrected chi connectivity index (χ1v) is 11.7. The summed E-state index contributed by atoms with van der Waals surface area (Å²) in [6.07, 6.45) is 6.46. The fourth-order valence-electron chi connectivity index (χ4n) is 4.36. The van der Waals surface area contributed by atoms with Gasteiger partial charge in [-0.05, 0) is 66.8 Å². The summed E-state index contributed by atoms with van der Waals surface area (Å²) in [6, 6.07) is 21.0. The molecule has 5 nitrogen and oxygen atoms in total. The van der Waals surface area contributed by atoms with Crippen LogP contribution in [0.2, 0.25) is 5.02 Å². The van der Waals surface area contributed by atoms with Crippen molar-refractivity contribution < 1.29 is 13.9 Å². The fraction of sp³-hybridized carbons (Fsp3) is 0.259. The smallest absolute Gasteiger partial charge is 0.262 e. The molecule has 0 atom stereocenters. The summed E-state index contributed by atoms with van der Waals surface area (Å²) in [6.45, 7) is -0.105. The molecular formula is C27H25ClN2O3. The molecule has 1 amide bonds. The van der Waals surface area contributed by atoms with E-state index in [1.165, 1.54) is 37.7 Å². The molecule has 6 heteroatoms. The van der Waals surface area contributed by atoms with E-state index in [0.717, 1.165) is 11.1 Å². The Bertz CT molecular complexity index is 1230. The topological polar surface area (TPSA) is 64.4 Å². The highest BCUT2D eigenvalue weighted by Gasteiger charge is 2.16. The van der Waals surface area contributed by atoms with Crippen molar-refractivity contribution in [1.82, 2.24) is 4.98 Å². The summed E-state index contributed by atoms with van der Waals surface area (Å²) in [5, 5.41) is 3.25. The lowest BCUT2D eigenvalue weighted by atomic mass is 9.84. The summed E-state index contributed by atoms with van der Waals surface area (Å²) < 4.78 is 11.5. The van der Waals surface area contributed by atoms with Crippen LogP contribution < -0.4 is 10.1 Å². The molecule has 0 spiro atoms. The number of carbonyl (C=O) groups is 1. The predicted octanol–water partition coefficient (Wildman–Crippen LogP) is 7.21. The molecule has 1 aliphatic carbocycles. The Kier molecular flexibility index (Phi) is 6.31. The number of aromatic nitrogens is 1. The van der Waals surface area contributed by atoms with E-state index in [1.807, 2.05) is 42.5 Å². The van der Waals surface area contributed by atoms with Crippen molar-refractivity contribution in [3.8, 4) is 17.2 Å². The first kappa shape index (κ1) is 21.5. The molecule has 1 aromatic heterocycles. The van der Waals surface area contributed by atoms with Gasteiger partial charge >= 0.3 is 0 Å². The van der Waals surface area contributed by atoms with Crippen molar-refractivity contribution in [3.05, 3.63) is 77.3 Å². The van der Waals surface area contributed by atoms with Crippen LogP contribution in [-0.4, -0.2) is 17.5 Å². The molecule has 0 saturated heterocycles. The zero-order valence-electron chi connectivity index (χ0n) is 18.2. The number of hydrogen-bond acceptors (Lipinski definition) is 4. The van der Waals surface area contributed by atoms with Gasteiger partial charge < -0.3 is 14.5 Å². The zero-order valence-corrected chi connectivity index (χ0v) is 19.0. The number of oxazole rings is 1. The van der Waals surface area contributed by atoms with Gasteiger partial charge in [-0.15, -0.1) is 0 Å². The average Bonchev–Trinajstić information content (AvgIpc) is 3.29. The number of anilines is 1. The molecule has 3 aromatic carbocycles. The Morgan fingerprint density at radius 1 is 1.03 bits per heavy atom. The number of para-hydroxylation sites is 2. The summed E-state index contributed by atoms with van der Waals surface area (Å²) in [4.78, 5) is 17.0. The lowest BCUT2D eigenvalue weighted by Gasteiger charge is -2.22. The molecular weight excluding hydrogens is 436 g/mol. The van der Waals surface area contributed by atoms with Gasteiger partial charge in [0.25, 0.3) is 5.91 Å². The summed E-state index contributed by atoms with van der Waals surface area (Å²) >= 11 is 6.31. The number of benzene rings is 3. The maximum absolute atomic E-state index is 12.5. The van der Waals surface area contributed by atoms with Crippen LogP contribution in [0.5, 0.6) is 5.75 Å². The Morgan fingerprint density at radius 2 is 1.82 bits per heavy atom. The van der Waals surface area contributed by atoms with E-state index in [4.69, 9.17) is 20.8 Å². The highest BCUT2D eigenvalue weighted by Crippen LogP contribution is 2.33. The predicted molar refractivity (Wildman–Crippen MR) is 131 cm³/mol. The molecule has 0 bridgehead atoms. The van der Waals surface area contributed by atoms with Crippen LogP contribution >= 0.6 is 11.6 Å². The maximum atomic E-state index is 12.5. The van der Waals surface area contributed by atoms with Crippen LogP contribution in [0.4, 0.5) is 5.69 Å². The molecule has 1 heterocycles. The first-order valence-electron chi connectivity index (χ1n) is 11.3. The largest absolute Gasteiger partial charge is 0.484 e. The molecule has 33 heavy (non-hydrogen) atoms. The second kappa shape index (κ2) is 9.67. The standard InChI is InChI=1S/C27H25ClN2O3/c28-22-15-12-20(27-30-23-8-4-5-9-25(23)33-27)16-24(22)29-26(31)17-32-21-13-10-19(11-14-21)18-6-2-1-3-7-18/h4-5,8-16,18H,1-3,6-7,17H2,(H,29,31). The Labute approximate surface area is 197 Å². The normalized spacial score (nSPS) is 14.3. The molecule has 1 fully saturated rings. The van der Waals surface area contributed by atoms with Crippen LogP contribution in [0.25, 0.3) is 22.6 Å². The second-order valence-corrected chi connectivity index (χ2v) is 8.83. The van der Waals surface area contributed by atoms with Crippen molar-refractivity contribution in [2.75, 3.05) is 11.9 Å². The van der Waals surface area contributed by atoms with E-state index in [-0.39, 0.29) is 12.5 Å². The van der Waals surface area contributed by atoms with Crippen LogP contribution in [-0.2, 0) is 4.79 Å². The minimum atomic E-state index is -0.289. The lowest BCUT2D eigenvalue weighted by Crippen LogP contribution is -2.20. The molecule has 0 unspecified atom stereocenters. The molecule has 0 aliphatic heterocycles. The van der Waals surface area contributed by atoms with Crippen molar-refractivity contribution in [1.29, 1.82) is 0 Å². The van der Waals surface area contributed by atoms with Crippen molar-refractivity contribution >= 4 is 34.3 Å². The van der Waals surface area contributed by atoms with Crippen LogP contribution in [0.1, 0.15) is 43.6 Å². The molecule has 4 aromatic rings. The minimum Gasteiger partial charge on any atom is -0.484 e. The second-order valence-electron chi connectivity index (χ2n) is 8.42. The van der Waals surface area contributed by atoms with Gasteiger partial charge in [0.05, 0.1) is 10.7 Å². The van der Waals surface area contributed by atoms with Crippen LogP contribution in [0.3, 0.4) is 0 Å². The van der Waals surface area contributed by atoms with Gasteiger partial charge in [0.1, 0.15) is 11.3 Å². The van der Waals surface area contributed by atoms with Crippen LogP contribution in [0.15, 0.2) is 71.1 Å². The van der Waals surface area contributed by atoms with Crippen molar-refractivity contribution in [3.63, 3.8) is 0 Å². The van der Waals surface area contributed by atoms with Gasteiger partial charge in [-0.3, -0.25) is 4.79 Å². The number of rotatable bonds is 6. The van der Waals surface area contributed by atoms with Gasteiger partial charge in [0.2, 0.25) is 5.89 Å². The van der Waals surface area contributed by atoms with Crippen molar-refractivity contribution in [2.24, 2.45) is 0 Å². The highest BCUT2D eigenvalue weighted by atomic mass is 35.5. The number of halogens is 1. The molecule has 1 saturated carbocycles. The van der Waals surface area contributed by atoms with Gasteiger partial charge in [-0.2, -0.15) is 0 Å². The third-order valence-electron chi connectivity index (χ3n) is 6.11. The molecule has 5 rings (SSSR count). The van der Waals surface area contributed by atoms with Crippen molar-refractivity contribution in [2.45, 2.75) is 38.0 Å². The average molecular weight is 461 g/mol. The summed E-state index contributed by atoms with van der Waals surface area (Å²) in [5.41, 5.74) is 4.05. The fourth-order valence-corrected chi connectivity index (χ4v) is 4.52. The van der Waals surface area contributed by atoms with E-state index < -0.39 is 0 Å². The molecule has 168 valence electrons. The number of ether oxygens (including phenoxy) is 1. The van der Waals surface area contributed by atoms with Gasteiger partial charge in [-0.1, -0.05) is 55.1 Å². The summed E-state index contributed by atoms with van der Waals surface area (Å²) in [5.74, 6) is 1.50. The van der Waals surface area contributed by atoms with E-state index in [2.05, 4.69) is 22.4 Å². The molecule has 0 radical (unpaired) electrons. The lowest BCUT2D eigenvalue weighted by molar-refractivity contribution is -0.118. The number of nitrogens with zero attached hydrogens (tertiary/aromatic N) is 1. The van der Waals surface area contributed by atoms with Gasteiger partial charge in [0, 0.05) is 5.56 Å². The minimum absolute atomic E-state index is 0.105. The van der Waals surface area contributed by atoms with Crippen LogP contribution in [0, 0.1) is 0 Å². The monoisotopic (exact) mass is 460 g/mol. The third kappa shape index (κ3) is 5.04. The molecule has 1 N–H and O–H groups in total. The number of nitrogens with one attached hydrogen (secondary N) is 1. The molecule has 1 aliphatic rings. The quantitative estimate of drug-likeness (QED) is 0.330. The zero-order chi connectivity index (χ0) is 22.6. The SMILES string of the molecule is O=C(COc1ccc(C2CCCCC2)cc1)Nc1cc(-c2nc3ccccc3o2)ccc1Cl. The number of amides is 1. The van der Waals surface area contributed by atoms with E-state index >= 15 is 0 Å². The Morgan fingerprint density at radius 3 is 2.61 bits per heavy atom. The number of carbonyl (C=O) groups excluding carboxylic acids is 1. The van der Waals surface area contributed by atoms with E-state index in [0.29, 0.717) is 33.9 Å². The van der Waals surface area contributed by atoms with E-state index in [9.17, 15) is 4.79 Å². The number of fused-ring (bicyclic) bond motifs is 1. The van der Waals surface area contributed by atoms with E-state index in [1.54, 1.807) is 12.1 Å². The summed E-state index contributed by atoms with van der Waals surface area (Å²) in [7, 11) is 0. The Balaban J connectivity index is 1.22. The third-order valence-corrected chi connectivity index (χ3v) is 6.44. The highest BCUT2D eigenvalue weighted by molar-refractivity contribution is 6.33. The Hall–Kier alpha value is -3.31. The number of hydrogen-bond donors (Lipinski definition) is 1. The first-order chi connectivity index (χ1) is 16.2. The maximum Gasteiger partial charge on any atom is 0.262 e.